The Kier molecular flexibility index (Phi) is 36.8. The molecule has 0 aromatic carbocycles. The van der Waals surface area contributed by atoms with Gasteiger partial charge in [0.1, 0.15) is 19.3 Å². The summed E-state index contributed by atoms with van der Waals surface area (Å²) in [6.45, 7) is 13.6. The molecule has 0 bridgehead atoms. The number of hydrogen-bond donors (Lipinski definition) is 1. The molecular weight excluding hydrogens is 679 g/mol. The van der Waals surface area contributed by atoms with Crippen LogP contribution in [0, 0.1) is 5.92 Å². The molecule has 8 nitrogen and oxygen atoms in total. The van der Waals surface area contributed by atoms with Gasteiger partial charge in [0.25, 0.3) is 0 Å². The zero-order valence-electron chi connectivity index (χ0n) is 36.6. The Labute approximate surface area is 334 Å². The summed E-state index contributed by atoms with van der Waals surface area (Å²) in [6.07, 6.45) is 33.3. The van der Waals surface area contributed by atoms with Gasteiger partial charge in [-0.2, -0.15) is 0 Å². The minimum absolute atomic E-state index is 0.00489. The van der Waals surface area contributed by atoms with E-state index >= 15 is 0 Å². The number of carbonyl (C=O) groups is 3. The summed E-state index contributed by atoms with van der Waals surface area (Å²) in [5.41, 5.74) is -0.584. The van der Waals surface area contributed by atoms with Crippen LogP contribution in [0.1, 0.15) is 234 Å². The molecule has 0 saturated carbocycles. The van der Waals surface area contributed by atoms with Crippen molar-refractivity contribution >= 4 is 18.0 Å². The monoisotopic (exact) mass is 768 g/mol. The molecule has 0 fully saturated rings. The van der Waals surface area contributed by atoms with Crippen LogP contribution in [0.3, 0.4) is 0 Å². The van der Waals surface area contributed by atoms with E-state index in [-0.39, 0.29) is 31.7 Å². The Bertz CT molecular complexity index is 862. The van der Waals surface area contributed by atoms with Crippen molar-refractivity contribution < 1.29 is 33.3 Å². The third-order valence-electron chi connectivity index (χ3n) is 10.2. The fourth-order valence-corrected chi connectivity index (χ4v) is 6.49. The lowest BCUT2D eigenvalue weighted by atomic mass is 10.0. The van der Waals surface area contributed by atoms with E-state index in [1.807, 2.05) is 13.8 Å². The predicted molar refractivity (Wildman–Crippen MR) is 225 cm³/mol. The van der Waals surface area contributed by atoms with E-state index in [0.717, 1.165) is 44.9 Å². The molecule has 1 amide bonds. The summed E-state index contributed by atoms with van der Waals surface area (Å²) < 4.78 is 22.6. The van der Waals surface area contributed by atoms with Gasteiger partial charge in [0, 0.05) is 32.4 Å². The number of hydrogen-bond acceptors (Lipinski definition) is 7. The maximum atomic E-state index is 12.8. The lowest BCUT2D eigenvalue weighted by Crippen LogP contribution is -2.37. The Morgan fingerprint density at radius 3 is 1.37 bits per heavy atom. The first-order valence-electron chi connectivity index (χ1n) is 23.0. The van der Waals surface area contributed by atoms with Crippen molar-refractivity contribution in [3.63, 3.8) is 0 Å². The predicted octanol–water partition coefficient (Wildman–Crippen LogP) is 13.4. The molecule has 0 saturated heterocycles. The quantitative estimate of drug-likeness (QED) is 0.0376. The number of amides is 1. The van der Waals surface area contributed by atoms with Crippen LogP contribution >= 0.6 is 0 Å². The van der Waals surface area contributed by atoms with E-state index < -0.39 is 17.8 Å². The maximum Gasteiger partial charge on any atom is 0.407 e. The second-order valence-electron chi connectivity index (χ2n) is 16.9. The van der Waals surface area contributed by atoms with E-state index in [0.29, 0.717) is 31.8 Å². The van der Waals surface area contributed by atoms with E-state index in [4.69, 9.17) is 18.9 Å². The minimum atomic E-state index is -0.619. The summed E-state index contributed by atoms with van der Waals surface area (Å²) in [5, 5.41) is 2.75. The summed E-state index contributed by atoms with van der Waals surface area (Å²) in [6, 6.07) is 0. The Hall–Kier alpha value is -1.83. The fourth-order valence-electron chi connectivity index (χ4n) is 6.49. The van der Waals surface area contributed by atoms with Crippen LogP contribution in [0.2, 0.25) is 0 Å². The Morgan fingerprint density at radius 2 is 0.944 bits per heavy atom. The van der Waals surface area contributed by atoms with Crippen LogP contribution in [0.25, 0.3) is 0 Å². The summed E-state index contributed by atoms with van der Waals surface area (Å²) >= 11 is 0. The van der Waals surface area contributed by atoms with Crippen molar-refractivity contribution in [2.75, 3.05) is 26.4 Å². The first-order valence-corrected chi connectivity index (χ1v) is 23.0. The normalized spacial score (nSPS) is 12.2. The zero-order chi connectivity index (χ0) is 40.0. The number of unbranched alkanes of at least 4 members (excludes halogenated alkanes) is 24. The van der Waals surface area contributed by atoms with E-state index in [1.54, 1.807) is 0 Å². The van der Waals surface area contributed by atoms with Gasteiger partial charge in [0.05, 0.1) is 5.60 Å². The number of ether oxygens (including phenoxy) is 4. The van der Waals surface area contributed by atoms with Gasteiger partial charge >= 0.3 is 18.0 Å². The van der Waals surface area contributed by atoms with Gasteiger partial charge < -0.3 is 24.3 Å². The number of nitrogens with one attached hydrogen (secondary N) is 1. The minimum Gasteiger partial charge on any atom is -0.462 e. The Balaban J connectivity index is 4.44. The number of alkyl carbamates (subject to hydrolysis) is 1. The van der Waals surface area contributed by atoms with Gasteiger partial charge in [-0.3, -0.25) is 9.59 Å². The van der Waals surface area contributed by atoms with Crippen LogP contribution < -0.4 is 5.32 Å². The second-order valence-corrected chi connectivity index (χ2v) is 16.9. The maximum absolute atomic E-state index is 12.8. The molecule has 0 aliphatic rings. The van der Waals surface area contributed by atoms with Crippen molar-refractivity contribution in [1.82, 2.24) is 5.32 Å². The van der Waals surface area contributed by atoms with Gasteiger partial charge in [0.2, 0.25) is 0 Å². The summed E-state index contributed by atoms with van der Waals surface area (Å²) in [5.74, 6) is 0.00101. The third-order valence-corrected chi connectivity index (χ3v) is 10.2. The van der Waals surface area contributed by atoms with Crippen molar-refractivity contribution in [2.24, 2.45) is 5.92 Å². The fraction of sp³-hybridized carbons (Fsp3) is 0.935. The topological polar surface area (TPSA) is 100 Å². The van der Waals surface area contributed by atoms with Gasteiger partial charge in [-0.05, 0) is 39.0 Å². The highest BCUT2D eigenvalue weighted by atomic mass is 16.6. The molecule has 8 heteroatoms. The molecule has 0 heterocycles. The highest BCUT2D eigenvalue weighted by Gasteiger charge is 2.22. The van der Waals surface area contributed by atoms with Crippen LogP contribution in [0.5, 0.6) is 0 Å². The van der Waals surface area contributed by atoms with Gasteiger partial charge in [-0.15, -0.1) is 0 Å². The lowest BCUT2D eigenvalue weighted by molar-refractivity contribution is -0.159. The van der Waals surface area contributed by atoms with E-state index in [9.17, 15) is 14.4 Å². The highest BCUT2D eigenvalue weighted by Crippen LogP contribution is 2.16. The molecule has 0 radical (unpaired) electrons. The third kappa shape index (κ3) is 38.4. The number of rotatable bonds is 40. The second kappa shape index (κ2) is 38.1. The van der Waals surface area contributed by atoms with E-state index in [1.165, 1.54) is 128 Å². The molecule has 0 aliphatic carbocycles. The van der Waals surface area contributed by atoms with Gasteiger partial charge in [0.15, 0.2) is 0 Å². The Morgan fingerprint density at radius 1 is 0.537 bits per heavy atom. The molecule has 0 aromatic heterocycles. The first-order chi connectivity index (χ1) is 26.1. The number of esters is 2. The molecule has 1 atom stereocenters. The molecule has 0 spiro atoms. The molecule has 1 N–H and O–H groups in total. The van der Waals surface area contributed by atoms with Gasteiger partial charge in [-0.1, -0.05) is 182 Å². The van der Waals surface area contributed by atoms with Crippen molar-refractivity contribution in [3.8, 4) is 0 Å². The number of carbonyl (C=O) groups excluding carboxylic acids is 3. The van der Waals surface area contributed by atoms with Crippen LogP contribution in [-0.4, -0.2) is 56.1 Å². The van der Waals surface area contributed by atoms with Crippen LogP contribution in [0.4, 0.5) is 4.79 Å². The molecule has 0 aromatic rings. The average Bonchev–Trinajstić information content (AvgIpc) is 3.13. The smallest absolute Gasteiger partial charge is 0.407 e. The summed E-state index contributed by atoms with van der Waals surface area (Å²) in [4.78, 5) is 37.7. The summed E-state index contributed by atoms with van der Waals surface area (Å²) in [7, 11) is 0. The molecular formula is C46H89NO7. The van der Waals surface area contributed by atoms with E-state index in [2.05, 4.69) is 33.0 Å². The first kappa shape index (κ1) is 52.2. The standard InChI is InChI=1S/C46H89NO7/c1-7-9-11-13-15-17-19-21-23-25-27-29-31-33-43(48)51-39-42(35-37-47-45(50)52-40-46(5,6)53-38-36-41(3)4)54-44(49)34-32-30-28-26-24-22-20-18-16-14-12-10-8-2/h41-42H,7-40H2,1-6H3,(H,47,50). The average molecular weight is 768 g/mol. The van der Waals surface area contributed by atoms with Crippen LogP contribution in [0.15, 0.2) is 0 Å². The van der Waals surface area contributed by atoms with Crippen molar-refractivity contribution in [3.05, 3.63) is 0 Å². The molecule has 1 unspecified atom stereocenters. The zero-order valence-corrected chi connectivity index (χ0v) is 36.6. The molecule has 54 heavy (non-hydrogen) atoms. The van der Waals surface area contributed by atoms with Crippen molar-refractivity contribution in [1.29, 1.82) is 0 Å². The van der Waals surface area contributed by atoms with Gasteiger partial charge in [-0.25, -0.2) is 4.79 Å². The van der Waals surface area contributed by atoms with Crippen molar-refractivity contribution in [2.45, 2.75) is 246 Å². The molecule has 0 rings (SSSR count). The highest BCUT2D eigenvalue weighted by molar-refractivity contribution is 5.70. The largest absolute Gasteiger partial charge is 0.462 e. The molecule has 0 aliphatic heterocycles. The lowest BCUT2D eigenvalue weighted by Gasteiger charge is -2.25. The molecule has 320 valence electrons. The SMILES string of the molecule is CCCCCCCCCCCCCCCC(=O)OCC(CCNC(=O)OCC(C)(C)OCCC(C)C)OC(=O)CCCCCCCCCCCCCCC. The van der Waals surface area contributed by atoms with Crippen LogP contribution in [-0.2, 0) is 28.5 Å².